The Hall–Kier alpha value is -0.870. The summed E-state index contributed by atoms with van der Waals surface area (Å²) in [5.41, 5.74) is 0.862. The maximum atomic E-state index is 8.84. The van der Waals surface area contributed by atoms with Crippen LogP contribution in [0.25, 0.3) is 0 Å². The van der Waals surface area contributed by atoms with Gasteiger partial charge in [0.05, 0.1) is 5.69 Å². The summed E-state index contributed by atoms with van der Waals surface area (Å²) in [4.78, 5) is 6.92. The Balaban J connectivity index is 1.93. The average molecular weight is 238 g/mol. The SMILES string of the molecule is CCN1CCCCC1Cc1nc(CCO)co1. The lowest BCUT2D eigenvalue weighted by Crippen LogP contribution is -2.40. The third-order valence-electron chi connectivity index (χ3n) is 3.53. The number of likely N-dealkylation sites (tertiary alicyclic amines) is 1. The van der Waals surface area contributed by atoms with Gasteiger partial charge in [0.2, 0.25) is 0 Å². The first-order valence-corrected chi connectivity index (χ1v) is 6.61. The minimum atomic E-state index is 0.135. The van der Waals surface area contributed by atoms with Gasteiger partial charge in [0, 0.05) is 25.5 Å². The zero-order chi connectivity index (χ0) is 12.1. The van der Waals surface area contributed by atoms with Crippen molar-refractivity contribution < 1.29 is 9.52 Å². The number of hydrogen-bond acceptors (Lipinski definition) is 4. The fraction of sp³-hybridized carbons (Fsp3) is 0.769. The van der Waals surface area contributed by atoms with Crippen LogP contribution >= 0.6 is 0 Å². The zero-order valence-corrected chi connectivity index (χ0v) is 10.6. The topological polar surface area (TPSA) is 49.5 Å². The molecule has 0 amide bonds. The van der Waals surface area contributed by atoms with Crippen molar-refractivity contribution in [2.75, 3.05) is 19.7 Å². The smallest absolute Gasteiger partial charge is 0.195 e. The lowest BCUT2D eigenvalue weighted by molar-refractivity contribution is 0.149. The molecule has 1 fully saturated rings. The molecule has 0 aromatic carbocycles. The highest BCUT2D eigenvalue weighted by atomic mass is 16.3. The maximum absolute atomic E-state index is 8.84. The van der Waals surface area contributed by atoms with Crippen molar-refractivity contribution in [2.45, 2.75) is 45.1 Å². The molecule has 0 spiro atoms. The molecule has 0 aliphatic carbocycles. The van der Waals surface area contributed by atoms with E-state index in [1.165, 1.54) is 25.8 Å². The molecule has 0 radical (unpaired) electrons. The fourth-order valence-corrected chi connectivity index (χ4v) is 2.58. The number of oxazole rings is 1. The Morgan fingerprint density at radius 1 is 1.53 bits per heavy atom. The number of aliphatic hydroxyl groups excluding tert-OH is 1. The Morgan fingerprint density at radius 3 is 3.18 bits per heavy atom. The van der Waals surface area contributed by atoms with E-state index in [9.17, 15) is 0 Å². The van der Waals surface area contributed by atoms with E-state index >= 15 is 0 Å². The van der Waals surface area contributed by atoms with Crippen LogP contribution in [-0.4, -0.2) is 40.7 Å². The van der Waals surface area contributed by atoms with E-state index in [0.717, 1.165) is 24.6 Å². The summed E-state index contributed by atoms with van der Waals surface area (Å²) in [6.45, 7) is 4.65. The standard InChI is InChI=1S/C13H22N2O2/c1-2-15-7-4-3-5-12(15)9-13-14-11(6-8-16)10-17-13/h10,12,16H,2-9H2,1H3. The van der Waals surface area contributed by atoms with Crippen molar-refractivity contribution in [1.29, 1.82) is 0 Å². The Kier molecular flexibility index (Phi) is 4.57. The Bertz CT molecular complexity index is 338. The van der Waals surface area contributed by atoms with Crippen LogP contribution in [-0.2, 0) is 12.8 Å². The van der Waals surface area contributed by atoms with Gasteiger partial charge in [0.25, 0.3) is 0 Å². The summed E-state index contributed by atoms with van der Waals surface area (Å²) < 4.78 is 5.46. The minimum absolute atomic E-state index is 0.135. The number of hydrogen-bond donors (Lipinski definition) is 1. The van der Waals surface area contributed by atoms with Gasteiger partial charge >= 0.3 is 0 Å². The van der Waals surface area contributed by atoms with E-state index in [0.29, 0.717) is 12.5 Å². The molecular weight excluding hydrogens is 216 g/mol. The molecule has 2 heterocycles. The first-order chi connectivity index (χ1) is 8.33. The summed E-state index contributed by atoms with van der Waals surface area (Å²) in [7, 11) is 0. The number of nitrogens with zero attached hydrogens (tertiary/aromatic N) is 2. The predicted molar refractivity (Wildman–Crippen MR) is 65.9 cm³/mol. The molecule has 1 aliphatic heterocycles. The fourth-order valence-electron chi connectivity index (χ4n) is 2.58. The third kappa shape index (κ3) is 3.30. The summed E-state index contributed by atoms with van der Waals surface area (Å²) in [6.07, 6.45) is 7.03. The summed E-state index contributed by atoms with van der Waals surface area (Å²) in [5, 5.41) is 8.84. The van der Waals surface area contributed by atoms with Gasteiger partial charge in [-0.1, -0.05) is 13.3 Å². The molecule has 0 saturated carbocycles. The molecule has 1 aromatic heterocycles. The van der Waals surface area contributed by atoms with E-state index in [1.807, 2.05) is 0 Å². The molecule has 17 heavy (non-hydrogen) atoms. The van der Waals surface area contributed by atoms with Crippen molar-refractivity contribution in [1.82, 2.24) is 9.88 Å². The Labute approximate surface area is 103 Å². The molecular formula is C13H22N2O2. The van der Waals surface area contributed by atoms with Gasteiger partial charge in [-0.05, 0) is 25.9 Å². The second-order valence-corrected chi connectivity index (χ2v) is 4.69. The van der Waals surface area contributed by atoms with Gasteiger partial charge in [-0.25, -0.2) is 4.98 Å². The van der Waals surface area contributed by atoms with Crippen LogP contribution < -0.4 is 0 Å². The monoisotopic (exact) mass is 238 g/mol. The first kappa shape index (κ1) is 12.6. The molecule has 1 atom stereocenters. The highest BCUT2D eigenvalue weighted by Gasteiger charge is 2.22. The number of aliphatic hydroxyl groups is 1. The quantitative estimate of drug-likeness (QED) is 0.847. The molecule has 1 N–H and O–H groups in total. The molecule has 4 heteroatoms. The van der Waals surface area contributed by atoms with Gasteiger partial charge in [0.15, 0.2) is 5.89 Å². The minimum Gasteiger partial charge on any atom is -0.449 e. The molecule has 4 nitrogen and oxygen atoms in total. The normalized spacial score (nSPS) is 21.9. The van der Waals surface area contributed by atoms with Crippen molar-refractivity contribution in [3.63, 3.8) is 0 Å². The zero-order valence-electron chi connectivity index (χ0n) is 10.6. The second-order valence-electron chi connectivity index (χ2n) is 4.69. The number of aromatic nitrogens is 1. The van der Waals surface area contributed by atoms with Crippen LogP contribution in [0, 0.1) is 0 Å². The third-order valence-corrected chi connectivity index (χ3v) is 3.53. The van der Waals surface area contributed by atoms with Crippen LogP contribution in [0.1, 0.15) is 37.8 Å². The number of piperidine rings is 1. The van der Waals surface area contributed by atoms with Gasteiger partial charge < -0.3 is 14.4 Å². The van der Waals surface area contributed by atoms with Crippen molar-refractivity contribution in [3.05, 3.63) is 17.8 Å². The number of rotatable bonds is 5. The van der Waals surface area contributed by atoms with E-state index in [-0.39, 0.29) is 6.61 Å². The summed E-state index contributed by atoms with van der Waals surface area (Å²) in [5.74, 6) is 0.818. The van der Waals surface area contributed by atoms with Gasteiger partial charge in [-0.2, -0.15) is 0 Å². The molecule has 1 aromatic rings. The van der Waals surface area contributed by atoms with E-state index in [4.69, 9.17) is 9.52 Å². The van der Waals surface area contributed by atoms with Crippen LogP contribution in [0.15, 0.2) is 10.7 Å². The summed E-state index contributed by atoms with van der Waals surface area (Å²) >= 11 is 0. The molecule has 96 valence electrons. The Morgan fingerprint density at radius 2 is 2.41 bits per heavy atom. The van der Waals surface area contributed by atoms with E-state index in [2.05, 4.69) is 16.8 Å². The lowest BCUT2D eigenvalue weighted by Gasteiger charge is -2.34. The molecule has 0 bridgehead atoms. The van der Waals surface area contributed by atoms with Crippen LogP contribution in [0.4, 0.5) is 0 Å². The average Bonchev–Trinajstić information content (AvgIpc) is 2.78. The second kappa shape index (κ2) is 6.17. The van der Waals surface area contributed by atoms with Crippen LogP contribution in [0.3, 0.4) is 0 Å². The lowest BCUT2D eigenvalue weighted by atomic mass is 9.99. The van der Waals surface area contributed by atoms with E-state index < -0.39 is 0 Å². The van der Waals surface area contributed by atoms with Gasteiger partial charge in [-0.15, -0.1) is 0 Å². The highest BCUT2D eigenvalue weighted by molar-refractivity contribution is 4.98. The van der Waals surface area contributed by atoms with Crippen LogP contribution in [0.2, 0.25) is 0 Å². The van der Waals surface area contributed by atoms with Gasteiger partial charge in [-0.3, -0.25) is 0 Å². The largest absolute Gasteiger partial charge is 0.449 e. The first-order valence-electron chi connectivity index (χ1n) is 6.61. The van der Waals surface area contributed by atoms with Crippen molar-refractivity contribution >= 4 is 0 Å². The highest BCUT2D eigenvalue weighted by Crippen LogP contribution is 2.20. The van der Waals surface area contributed by atoms with Crippen LogP contribution in [0.5, 0.6) is 0 Å². The molecule has 1 unspecified atom stereocenters. The van der Waals surface area contributed by atoms with Crippen molar-refractivity contribution in [3.8, 4) is 0 Å². The van der Waals surface area contributed by atoms with Crippen molar-refractivity contribution in [2.24, 2.45) is 0 Å². The van der Waals surface area contributed by atoms with E-state index in [1.54, 1.807) is 6.26 Å². The molecule has 2 rings (SSSR count). The number of likely N-dealkylation sites (N-methyl/N-ethyl adjacent to an activating group) is 1. The molecule has 1 aliphatic rings. The predicted octanol–water partition coefficient (Wildman–Crippen LogP) is 1.63. The van der Waals surface area contributed by atoms with Gasteiger partial charge in [0.1, 0.15) is 6.26 Å². The maximum Gasteiger partial charge on any atom is 0.195 e. The summed E-state index contributed by atoms with van der Waals surface area (Å²) in [6, 6.07) is 0.578. The molecule has 1 saturated heterocycles.